The minimum absolute atomic E-state index is 0. The molecule has 3 radical (unpaired) electrons. The van der Waals surface area contributed by atoms with E-state index in [4.69, 9.17) is 15.8 Å². The lowest BCUT2D eigenvalue weighted by atomic mass is 10.8. The zero-order valence-electron chi connectivity index (χ0n) is 11.2. The predicted molar refractivity (Wildman–Crippen MR) is 88.8 cm³/mol. The van der Waals surface area contributed by atoms with E-state index in [-0.39, 0.29) is 34.0 Å². The molecule has 7 nitrogen and oxygen atoms in total. The van der Waals surface area contributed by atoms with E-state index < -0.39 is 9.73 Å². The first-order valence-electron chi connectivity index (χ1n) is 4.24. The molecule has 0 aliphatic rings. The topological polar surface area (TPSA) is 119 Å². The molecule has 10 heteroatoms. The average molecular weight is 325 g/mol. The summed E-state index contributed by atoms with van der Waals surface area (Å²) in [7, 11) is -2.21. The second-order valence-electron chi connectivity index (χ2n) is 2.76. The second-order valence-corrected chi connectivity index (χ2v) is 7.03. The van der Waals surface area contributed by atoms with Crippen molar-refractivity contribution in [2.45, 2.75) is 21.8 Å². The van der Waals surface area contributed by atoms with E-state index in [1.54, 1.807) is 13.1 Å². The van der Waals surface area contributed by atoms with Crippen molar-refractivity contribution in [2.75, 3.05) is 31.6 Å². The molecule has 0 aromatic carbocycles. The maximum Gasteiger partial charge on any atom is 0.214 e. The Hall–Kier alpha value is -0.935. The summed E-state index contributed by atoms with van der Waals surface area (Å²) in [5.41, 5.74) is 0. The molecular formula is C10H26BN4O3S2. The molecule has 20 heavy (non-hydrogen) atoms. The van der Waals surface area contributed by atoms with Gasteiger partial charge >= 0.3 is 0 Å². The van der Waals surface area contributed by atoms with Crippen molar-refractivity contribution in [3.63, 3.8) is 0 Å². The first-order chi connectivity index (χ1) is 7.74. The van der Waals surface area contributed by atoms with E-state index in [0.29, 0.717) is 6.61 Å². The Labute approximate surface area is 128 Å². The third-order valence-electron chi connectivity index (χ3n) is 0.613. The first kappa shape index (κ1) is 36.4. The van der Waals surface area contributed by atoms with Crippen LogP contribution in [0.15, 0.2) is 8.73 Å². The third kappa shape index (κ3) is 88.2. The predicted octanol–water partition coefficient (Wildman–Crippen LogP) is 2.11. The summed E-state index contributed by atoms with van der Waals surface area (Å²) in [6, 6.07) is 0. The zero-order valence-corrected chi connectivity index (χ0v) is 12.8. The van der Waals surface area contributed by atoms with E-state index >= 15 is 0 Å². The van der Waals surface area contributed by atoms with Crippen molar-refractivity contribution < 1.29 is 14.4 Å². The quantitative estimate of drug-likeness (QED) is 0.343. The fourth-order valence-electron chi connectivity index (χ4n) is 0.180. The van der Waals surface area contributed by atoms with E-state index in [1.165, 1.54) is 18.7 Å². The Kier molecular flexibility index (Phi) is 48.5. The van der Waals surface area contributed by atoms with E-state index in [1.807, 2.05) is 12.5 Å². The van der Waals surface area contributed by atoms with Gasteiger partial charge in [-0.05, 0) is 19.4 Å². The van der Waals surface area contributed by atoms with Crippen LogP contribution in [0, 0.1) is 22.9 Å². The van der Waals surface area contributed by atoms with Crippen LogP contribution in [0.3, 0.4) is 0 Å². The largest absolute Gasteiger partial charge is 0.252 e. The van der Waals surface area contributed by atoms with Gasteiger partial charge in [0.05, 0.1) is 16.3 Å². The number of nitriles is 2. The van der Waals surface area contributed by atoms with Crippen LogP contribution in [0.5, 0.6) is 0 Å². The molecule has 0 amide bonds. The number of rotatable bonds is 1. The molecule has 0 aliphatic carbocycles. The molecule has 119 valence electrons. The highest BCUT2D eigenvalue weighted by molar-refractivity contribution is 7.92. The van der Waals surface area contributed by atoms with Crippen molar-refractivity contribution in [3.05, 3.63) is 0 Å². The Morgan fingerprint density at radius 3 is 1.60 bits per heavy atom. The van der Waals surface area contributed by atoms with Gasteiger partial charge in [0, 0.05) is 20.9 Å². The van der Waals surface area contributed by atoms with Gasteiger partial charge in [0.25, 0.3) is 0 Å². The van der Waals surface area contributed by atoms with Crippen LogP contribution < -0.4 is 0 Å². The third-order valence-corrected chi connectivity index (χ3v) is 1.58. The van der Waals surface area contributed by atoms with Gasteiger partial charge in [-0.3, -0.25) is 5.26 Å². The van der Waals surface area contributed by atoms with Crippen LogP contribution in [-0.4, -0.2) is 49.5 Å². The Bertz CT molecular complexity index is 394. The van der Waals surface area contributed by atoms with Gasteiger partial charge in [-0.2, -0.15) is 14.9 Å². The lowest BCUT2D eigenvalue weighted by Gasteiger charge is -1.80. The van der Waals surface area contributed by atoms with E-state index in [0.717, 1.165) is 0 Å². The van der Waals surface area contributed by atoms with Gasteiger partial charge in [0.2, 0.25) is 12.4 Å². The molecule has 0 unspecified atom stereocenters. The molecule has 0 spiro atoms. The molecule has 1 N–H and O–H groups in total. The molecule has 0 atom stereocenters. The highest BCUT2D eigenvalue weighted by Gasteiger charge is 1.82. The SMILES string of the molecule is C.C.CCOO.CS(C)(=O)=NC#N.CS(C)=NC#N.[B]. The highest BCUT2D eigenvalue weighted by Crippen LogP contribution is 1.77. The summed E-state index contributed by atoms with van der Waals surface area (Å²) in [6.07, 6.45) is 9.77. The summed E-state index contributed by atoms with van der Waals surface area (Å²) in [6.45, 7) is 2.08. The first-order valence-corrected chi connectivity index (χ1v) is 8.57. The van der Waals surface area contributed by atoms with E-state index in [9.17, 15) is 4.21 Å². The van der Waals surface area contributed by atoms with Gasteiger partial charge in [-0.1, -0.05) is 25.5 Å². The van der Waals surface area contributed by atoms with E-state index in [2.05, 4.69) is 13.6 Å². The van der Waals surface area contributed by atoms with Crippen molar-refractivity contribution in [2.24, 2.45) is 8.73 Å². The van der Waals surface area contributed by atoms with Crippen molar-refractivity contribution in [1.82, 2.24) is 0 Å². The van der Waals surface area contributed by atoms with Crippen LogP contribution in [0.25, 0.3) is 0 Å². The fourth-order valence-corrected chi connectivity index (χ4v) is 0.540. The Balaban J connectivity index is -0.0000000352. The van der Waals surface area contributed by atoms with Crippen LogP contribution >= 0.6 is 0 Å². The molecule has 0 saturated carbocycles. The molecule has 0 aromatic rings. The highest BCUT2D eigenvalue weighted by atomic mass is 32.2. The lowest BCUT2D eigenvalue weighted by Crippen LogP contribution is -1.87. The molecular weight excluding hydrogens is 299 g/mol. The Morgan fingerprint density at radius 2 is 1.60 bits per heavy atom. The molecule has 0 saturated heterocycles. The number of hydrogen-bond acceptors (Lipinski definition) is 7. The van der Waals surface area contributed by atoms with Crippen molar-refractivity contribution in [1.29, 1.82) is 10.5 Å². The standard InChI is InChI=1S/C3H6N2OS.C3H6N2S.C2H6O2.2CH4.B/c1-7(2,6)5-3-4;1-6(2)5-3-4;1-2-4-3;;;/h1-2H3;1-2H3;3H,2H2,1H3;2*1H4;. The van der Waals surface area contributed by atoms with Gasteiger partial charge in [-0.15, -0.1) is 4.36 Å². The molecule has 0 aliphatic heterocycles. The summed E-state index contributed by atoms with van der Waals surface area (Å²) in [5.74, 6) is 0. The summed E-state index contributed by atoms with van der Waals surface area (Å²) in [4.78, 5) is 3.54. The van der Waals surface area contributed by atoms with Crippen LogP contribution in [-0.2, 0) is 25.3 Å². The van der Waals surface area contributed by atoms with Crippen molar-refractivity contribution in [3.8, 4) is 12.4 Å². The normalized spacial score (nSPS) is 7.25. The summed E-state index contributed by atoms with van der Waals surface area (Å²) >= 11 is 0. The minimum Gasteiger partial charge on any atom is -0.252 e. The summed E-state index contributed by atoms with van der Waals surface area (Å²) in [5, 5.41) is 23.0. The molecule has 0 aromatic heterocycles. The van der Waals surface area contributed by atoms with Crippen molar-refractivity contribution >= 4 is 28.8 Å². The van der Waals surface area contributed by atoms with Crippen LogP contribution in [0.4, 0.5) is 0 Å². The van der Waals surface area contributed by atoms with Gasteiger partial charge in [-0.25, -0.2) is 9.10 Å². The zero-order chi connectivity index (χ0) is 14.3. The number of nitrogens with zero attached hydrogens (tertiary/aromatic N) is 4. The maximum absolute atomic E-state index is 10.4. The molecule has 0 heterocycles. The minimum atomic E-state index is -2.16. The van der Waals surface area contributed by atoms with Crippen LogP contribution in [0.1, 0.15) is 21.8 Å². The average Bonchev–Trinajstić information content (AvgIpc) is 2.17. The molecule has 0 bridgehead atoms. The number of hydrogen-bond donors (Lipinski definition) is 1. The van der Waals surface area contributed by atoms with Crippen LogP contribution in [0.2, 0.25) is 0 Å². The smallest absolute Gasteiger partial charge is 0.214 e. The summed E-state index contributed by atoms with van der Waals surface area (Å²) < 4.78 is 16.9. The molecule has 0 rings (SSSR count). The van der Waals surface area contributed by atoms with Gasteiger partial charge < -0.3 is 0 Å². The fraction of sp³-hybridized carbons (Fsp3) is 0.800. The second kappa shape index (κ2) is 26.6. The van der Waals surface area contributed by atoms with Gasteiger partial charge in [0.15, 0.2) is 0 Å². The Morgan fingerprint density at radius 1 is 1.25 bits per heavy atom. The molecule has 0 fully saturated rings. The maximum atomic E-state index is 10.4. The lowest BCUT2D eigenvalue weighted by molar-refractivity contribution is -0.237. The van der Waals surface area contributed by atoms with Gasteiger partial charge in [0.1, 0.15) is 0 Å². The monoisotopic (exact) mass is 325 g/mol.